The van der Waals surface area contributed by atoms with Crippen molar-refractivity contribution in [3.05, 3.63) is 78.9 Å². The molecule has 6 nitrogen and oxygen atoms in total. The normalized spacial score (nSPS) is 11.4. The fourth-order valence-electron chi connectivity index (χ4n) is 3.64. The predicted molar refractivity (Wildman–Crippen MR) is 134 cm³/mol. The van der Waals surface area contributed by atoms with E-state index in [0.29, 0.717) is 22.4 Å². The molecule has 0 aliphatic heterocycles. The van der Waals surface area contributed by atoms with Crippen molar-refractivity contribution in [2.75, 3.05) is 22.9 Å². The highest BCUT2D eigenvalue weighted by atomic mass is 32.2. The third-order valence-corrected chi connectivity index (χ3v) is 7.71. The fraction of sp³-hybridized carbons (Fsp3) is 0. The Labute approximate surface area is 192 Å². The molecule has 0 fully saturated rings. The van der Waals surface area contributed by atoms with E-state index in [4.69, 9.17) is 22.9 Å². The molecular formula is C24H22N4O2S2. The van der Waals surface area contributed by atoms with Gasteiger partial charge in [0.15, 0.2) is 0 Å². The number of hydrogen-bond acceptors (Lipinski definition) is 7. The molecule has 0 radical (unpaired) electrons. The van der Waals surface area contributed by atoms with Crippen LogP contribution in [0.4, 0.5) is 22.7 Å². The first-order valence-corrected chi connectivity index (χ1v) is 11.6. The maximum absolute atomic E-state index is 13.9. The van der Waals surface area contributed by atoms with Gasteiger partial charge in [-0.25, -0.2) is 8.42 Å². The lowest BCUT2D eigenvalue weighted by Crippen LogP contribution is -2.11. The molecular weight excluding hydrogens is 440 g/mol. The molecule has 0 atom stereocenters. The number of nitrogens with two attached hydrogens (primary N) is 4. The van der Waals surface area contributed by atoms with Gasteiger partial charge in [0, 0.05) is 16.0 Å². The van der Waals surface area contributed by atoms with E-state index in [-0.39, 0.29) is 31.7 Å². The zero-order chi connectivity index (χ0) is 23.0. The number of sulfone groups is 1. The fourth-order valence-corrected chi connectivity index (χ4v) is 5.85. The lowest BCUT2D eigenvalue weighted by Gasteiger charge is -2.22. The summed E-state index contributed by atoms with van der Waals surface area (Å²) in [6.45, 7) is 0. The molecule has 4 aromatic carbocycles. The summed E-state index contributed by atoms with van der Waals surface area (Å²) in [6, 6.07) is 22.6. The standard InChI is InChI=1S/C24H22N4O2S2/c25-17-12-11-16(13-18(17)26)32(29,30)24-20(15-9-5-2-6-10-15)19(14-7-3-1-4-8-14)21(27)22(28)23(24)31/h1-13,31H,25-28H2. The summed E-state index contributed by atoms with van der Waals surface area (Å²) in [4.78, 5) is 0.0260. The molecule has 0 bridgehead atoms. The Morgan fingerprint density at radius 1 is 0.625 bits per heavy atom. The van der Waals surface area contributed by atoms with Crippen molar-refractivity contribution in [2.24, 2.45) is 0 Å². The van der Waals surface area contributed by atoms with E-state index < -0.39 is 9.84 Å². The van der Waals surface area contributed by atoms with Crippen LogP contribution >= 0.6 is 12.6 Å². The van der Waals surface area contributed by atoms with Crippen LogP contribution in [-0.2, 0) is 9.84 Å². The maximum Gasteiger partial charge on any atom is 0.208 e. The SMILES string of the molecule is Nc1ccc(S(=O)(=O)c2c(S)c(N)c(N)c(-c3ccccc3)c2-c2ccccc2)cc1N. The van der Waals surface area contributed by atoms with Crippen molar-refractivity contribution in [1.29, 1.82) is 0 Å². The minimum absolute atomic E-state index is 0.0140. The van der Waals surface area contributed by atoms with Crippen LogP contribution in [-0.4, -0.2) is 8.42 Å². The van der Waals surface area contributed by atoms with Crippen molar-refractivity contribution < 1.29 is 8.42 Å². The van der Waals surface area contributed by atoms with Crippen molar-refractivity contribution in [3.63, 3.8) is 0 Å². The maximum atomic E-state index is 13.9. The van der Waals surface area contributed by atoms with Crippen LogP contribution in [0.5, 0.6) is 0 Å². The van der Waals surface area contributed by atoms with Crippen molar-refractivity contribution in [1.82, 2.24) is 0 Å². The molecule has 8 heteroatoms. The number of benzene rings is 4. The van der Waals surface area contributed by atoms with Gasteiger partial charge in [-0.1, -0.05) is 60.7 Å². The summed E-state index contributed by atoms with van der Waals surface area (Å²) >= 11 is 4.51. The monoisotopic (exact) mass is 462 g/mol. The molecule has 0 saturated carbocycles. The second kappa shape index (κ2) is 8.14. The molecule has 0 unspecified atom stereocenters. The summed E-state index contributed by atoms with van der Waals surface area (Å²) in [5.41, 5.74) is 27.6. The molecule has 0 aromatic heterocycles. The smallest absolute Gasteiger partial charge is 0.208 e. The largest absolute Gasteiger partial charge is 0.397 e. The van der Waals surface area contributed by atoms with Crippen LogP contribution in [0.15, 0.2) is 93.5 Å². The number of rotatable bonds is 4. The van der Waals surface area contributed by atoms with E-state index in [0.717, 1.165) is 5.56 Å². The molecule has 0 aliphatic rings. The Kier molecular flexibility index (Phi) is 5.50. The second-order valence-electron chi connectivity index (χ2n) is 7.28. The van der Waals surface area contributed by atoms with E-state index in [2.05, 4.69) is 12.6 Å². The topological polar surface area (TPSA) is 138 Å². The van der Waals surface area contributed by atoms with Gasteiger partial charge < -0.3 is 22.9 Å². The third kappa shape index (κ3) is 3.53. The van der Waals surface area contributed by atoms with Gasteiger partial charge in [0.1, 0.15) is 0 Å². The lowest BCUT2D eigenvalue weighted by molar-refractivity contribution is 0.594. The van der Waals surface area contributed by atoms with E-state index in [1.807, 2.05) is 60.7 Å². The van der Waals surface area contributed by atoms with Gasteiger partial charge in [0.25, 0.3) is 0 Å². The van der Waals surface area contributed by atoms with Gasteiger partial charge in [0.2, 0.25) is 9.84 Å². The Morgan fingerprint density at radius 3 is 1.69 bits per heavy atom. The zero-order valence-electron chi connectivity index (χ0n) is 17.0. The molecule has 32 heavy (non-hydrogen) atoms. The Hall–Kier alpha value is -3.62. The number of nitrogen functional groups attached to an aromatic ring is 4. The number of anilines is 4. The van der Waals surface area contributed by atoms with Crippen molar-refractivity contribution in [2.45, 2.75) is 14.7 Å². The molecule has 0 amide bonds. The first-order valence-electron chi connectivity index (χ1n) is 9.68. The van der Waals surface area contributed by atoms with Gasteiger partial charge in [-0.3, -0.25) is 0 Å². The molecule has 4 aromatic rings. The third-order valence-electron chi connectivity index (χ3n) is 5.27. The molecule has 0 aliphatic carbocycles. The molecule has 4 rings (SSSR count). The van der Waals surface area contributed by atoms with Crippen LogP contribution in [0, 0.1) is 0 Å². The molecule has 8 N–H and O–H groups in total. The molecule has 0 saturated heterocycles. The summed E-state index contributed by atoms with van der Waals surface area (Å²) in [6.07, 6.45) is 0. The van der Waals surface area contributed by atoms with Crippen LogP contribution in [0.2, 0.25) is 0 Å². The highest BCUT2D eigenvalue weighted by molar-refractivity contribution is 7.92. The number of thiol groups is 1. The Balaban J connectivity index is 2.18. The summed E-state index contributed by atoms with van der Waals surface area (Å²) in [5.74, 6) is 0. The Bertz CT molecular complexity index is 1420. The van der Waals surface area contributed by atoms with E-state index >= 15 is 0 Å². The van der Waals surface area contributed by atoms with E-state index in [1.165, 1.54) is 18.2 Å². The minimum atomic E-state index is -4.10. The zero-order valence-corrected chi connectivity index (χ0v) is 18.7. The van der Waals surface area contributed by atoms with Crippen LogP contribution in [0.25, 0.3) is 22.3 Å². The first-order chi connectivity index (χ1) is 15.2. The van der Waals surface area contributed by atoms with E-state index in [9.17, 15) is 8.42 Å². The average Bonchev–Trinajstić information content (AvgIpc) is 2.80. The minimum Gasteiger partial charge on any atom is -0.397 e. The van der Waals surface area contributed by atoms with Gasteiger partial charge in [0.05, 0.1) is 32.5 Å². The van der Waals surface area contributed by atoms with E-state index in [1.54, 1.807) is 0 Å². The van der Waals surface area contributed by atoms with Crippen molar-refractivity contribution in [3.8, 4) is 22.3 Å². The van der Waals surface area contributed by atoms with Gasteiger partial charge in [-0.2, -0.15) is 0 Å². The molecule has 0 heterocycles. The number of hydrogen-bond donors (Lipinski definition) is 5. The van der Waals surface area contributed by atoms with Gasteiger partial charge >= 0.3 is 0 Å². The van der Waals surface area contributed by atoms with Crippen molar-refractivity contribution >= 4 is 45.2 Å². The average molecular weight is 463 g/mol. The predicted octanol–water partition coefficient (Wildman–Crippen LogP) is 4.47. The summed E-state index contributed by atoms with van der Waals surface area (Å²) < 4.78 is 27.8. The molecule has 162 valence electrons. The molecule has 0 spiro atoms. The summed E-state index contributed by atoms with van der Waals surface area (Å²) in [5, 5.41) is 0. The van der Waals surface area contributed by atoms with Crippen LogP contribution < -0.4 is 22.9 Å². The first kappa shape index (κ1) is 21.6. The summed E-state index contributed by atoms with van der Waals surface area (Å²) in [7, 11) is -4.10. The van der Waals surface area contributed by atoms with Crippen LogP contribution in [0.1, 0.15) is 0 Å². The van der Waals surface area contributed by atoms with Gasteiger partial charge in [-0.05, 0) is 29.3 Å². The van der Waals surface area contributed by atoms with Crippen LogP contribution in [0.3, 0.4) is 0 Å². The quantitative estimate of drug-likeness (QED) is 0.224. The Morgan fingerprint density at radius 2 is 1.16 bits per heavy atom. The van der Waals surface area contributed by atoms with Gasteiger partial charge in [-0.15, -0.1) is 12.6 Å². The second-order valence-corrected chi connectivity index (χ2v) is 9.62. The highest BCUT2D eigenvalue weighted by Crippen LogP contribution is 2.49. The lowest BCUT2D eigenvalue weighted by atomic mass is 9.92. The highest BCUT2D eigenvalue weighted by Gasteiger charge is 2.31.